The van der Waals surface area contributed by atoms with E-state index in [1.807, 2.05) is 26.1 Å². The van der Waals surface area contributed by atoms with Crippen LogP contribution in [0.1, 0.15) is 20.8 Å². The predicted octanol–water partition coefficient (Wildman–Crippen LogP) is 2.97. The van der Waals surface area contributed by atoms with Gasteiger partial charge in [0.15, 0.2) is 0 Å². The number of allylic oxidation sites excluding steroid dienone is 2. The van der Waals surface area contributed by atoms with E-state index >= 15 is 0 Å². The quantitative estimate of drug-likeness (QED) is 0.579. The van der Waals surface area contributed by atoms with E-state index in [-0.39, 0.29) is 0 Å². The summed E-state index contributed by atoms with van der Waals surface area (Å²) in [5.74, 6) is 0. The van der Waals surface area contributed by atoms with Gasteiger partial charge in [-0.25, -0.2) is 0 Å². The van der Waals surface area contributed by atoms with Crippen LogP contribution in [-0.2, 0) is 0 Å². The monoisotopic (exact) mass is 165 g/mol. The second-order valence-electron chi connectivity index (χ2n) is 3.18. The molecule has 0 unspecified atom stereocenters. The van der Waals surface area contributed by atoms with E-state index in [2.05, 4.69) is 31.9 Å². The summed E-state index contributed by atoms with van der Waals surface area (Å²) >= 11 is 0. The lowest BCUT2D eigenvalue weighted by Crippen LogP contribution is -2.25. The van der Waals surface area contributed by atoms with Crippen molar-refractivity contribution in [3.63, 3.8) is 0 Å². The third-order valence-corrected chi connectivity index (χ3v) is 1.94. The minimum absolute atomic E-state index is 0.472. The van der Waals surface area contributed by atoms with Gasteiger partial charge in [0, 0.05) is 18.8 Å². The van der Waals surface area contributed by atoms with Gasteiger partial charge in [-0.15, -0.1) is 0 Å². The molecule has 0 amide bonds. The molecule has 0 spiro atoms. The molecule has 0 N–H and O–H groups in total. The van der Waals surface area contributed by atoms with Crippen LogP contribution in [0.3, 0.4) is 0 Å². The number of hydrogen-bond donors (Lipinski definition) is 0. The molecule has 0 fully saturated rings. The minimum atomic E-state index is 0.472. The summed E-state index contributed by atoms with van der Waals surface area (Å²) in [6.45, 7) is 14.1. The highest BCUT2D eigenvalue weighted by Crippen LogP contribution is 2.13. The molecule has 0 saturated carbocycles. The smallest absolute Gasteiger partial charge is 0.0360 e. The van der Waals surface area contributed by atoms with Crippen LogP contribution in [0.2, 0.25) is 0 Å². The van der Waals surface area contributed by atoms with Gasteiger partial charge in [0.2, 0.25) is 0 Å². The maximum absolute atomic E-state index is 3.97. The van der Waals surface area contributed by atoms with E-state index in [9.17, 15) is 0 Å². The normalized spacial score (nSPS) is 10.8. The molecule has 0 atom stereocenters. The highest BCUT2D eigenvalue weighted by atomic mass is 15.1. The number of nitrogens with zero attached hydrogens (tertiary/aromatic N) is 1. The van der Waals surface area contributed by atoms with Crippen LogP contribution in [0.4, 0.5) is 0 Å². The van der Waals surface area contributed by atoms with Gasteiger partial charge >= 0.3 is 0 Å². The zero-order chi connectivity index (χ0) is 9.72. The van der Waals surface area contributed by atoms with Gasteiger partial charge < -0.3 is 4.90 Å². The van der Waals surface area contributed by atoms with E-state index in [1.165, 1.54) is 0 Å². The zero-order valence-electron chi connectivity index (χ0n) is 8.59. The topological polar surface area (TPSA) is 3.24 Å². The van der Waals surface area contributed by atoms with Crippen LogP contribution >= 0.6 is 0 Å². The van der Waals surface area contributed by atoms with Gasteiger partial charge in [-0.3, -0.25) is 0 Å². The molecule has 0 saturated heterocycles. The largest absolute Gasteiger partial charge is 0.372 e. The van der Waals surface area contributed by atoms with E-state index in [0.29, 0.717) is 6.04 Å². The first kappa shape index (κ1) is 11.0. The number of likely N-dealkylation sites (N-methyl/N-ethyl adjacent to an activating group) is 1. The highest BCUT2D eigenvalue weighted by molar-refractivity contribution is 5.34. The minimum Gasteiger partial charge on any atom is -0.372 e. The maximum atomic E-state index is 3.97. The second kappa shape index (κ2) is 4.81. The first-order valence-electron chi connectivity index (χ1n) is 4.24. The molecule has 1 heteroatoms. The summed E-state index contributed by atoms with van der Waals surface area (Å²) in [5.41, 5.74) is 1.97. The Bertz CT molecular complexity index is 199. The van der Waals surface area contributed by atoms with Gasteiger partial charge in [0.05, 0.1) is 0 Å². The summed E-state index contributed by atoms with van der Waals surface area (Å²) in [4.78, 5) is 2.11. The Labute approximate surface area is 76.1 Å². The molecule has 0 aliphatic carbocycles. The Balaban J connectivity index is 4.29. The van der Waals surface area contributed by atoms with E-state index < -0.39 is 0 Å². The zero-order valence-corrected chi connectivity index (χ0v) is 8.59. The molecule has 0 aromatic carbocycles. The van der Waals surface area contributed by atoms with Crippen molar-refractivity contribution >= 4 is 0 Å². The lowest BCUT2D eigenvalue weighted by atomic mass is 10.2. The van der Waals surface area contributed by atoms with Gasteiger partial charge in [-0.1, -0.05) is 25.3 Å². The summed E-state index contributed by atoms with van der Waals surface area (Å²) in [7, 11) is 2.03. The lowest BCUT2D eigenvalue weighted by molar-refractivity contribution is 0.353. The molecule has 0 rings (SSSR count). The maximum Gasteiger partial charge on any atom is 0.0360 e. The molecule has 0 radical (unpaired) electrons. The second-order valence-corrected chi connectivity index (χ2v) is 3.18. The molecule has 1 nitrogen and oxygen atoms in total. The third-order valence-electron chi connectivity index (χ3n) is 1.94. The Hall–Kier alpha value is -0.980. The molecule has 0 aliphatic rings. The van der Waals surface area contributed by atoms with Crippen molar-refractivity contribution in [1.82, 2.24) is 4.90 Å². The van der Waals surface area contributed by atoms with Crippen LogP contribution in [-0.4, -0.2) is 18.0 Å². The van der Waals surface area contributed by atoms with Crippen molar-refractivity contribution in [2.75, 3.05) is 7.05 Å². The fourth-order valence-electron chi connectivity index (χ4n) is 0.836. The third kappa shape index (κ3) is 2.95. The molecule has 0 bridgehead atoms. The average Bonchev–Trinajstić information content (AvgIpc) is 2.02. The lowest BCUT2D eigenvalue weighted by Gasteiger charge is -2.26. The van der Waals surface area contributed by atoms with Crippen molar-refractivity contribution in [3.8, 4) is 0 Å². The van der Waals surface area contributed by atoms with E-state index in [4.69, 9.17) is 0 Å². The average molecular weight is 165 g/mol. The summed E-state index contributed by atoms with van der Waals surface area (Å²) in [5, 5.41) is 0. The Morgan fingerprint density at radius 1 is 1.33 bits per heavy atom. The fraction of sp³-hybridized carbons (Fsp3) is 0.455. The van der Waals surface area contributed by atoms with Crippen LogP contribution in [0.15, 0.2) is 36.6 Å². The van der Waals surface area contributed by atoms with Gasteiger partial charge in [-0.2, -0.15) is 0 Å². The van der Waals surface area contributed by atoms with Crippen molar-refractivity contribution in [2.45, 2.75) is 26.8 Å². The number of hydrogen-bond acceptors (Lipinski definition) is 1. The molecule has 0 aromatic heterocycles. The predicted molar refractivity (Wildman–Crippen MR) is 56.0 cm³/mol. The molecule has 12 heavy (non-hydrogen) atoms. The first-order valence-corrected chi connectivity index (χ1v) is 4.24. The van der Waals surface area contributed by atoms with Crippen LogP contribution in [0, 0.1) is 0 Å². The van der Waals surface area contributed by atoms with Gasteiger partial charge in [-0.05, 0) is 26.3 Å². The van der Waals surface area contributed by atoms with Crippen molar-refractivity contribution < 1.29 is 0 Å². The standard InChI is InChI=1S/C11H19N/c1-7-8-10(4)11(5)12(6)9(2)3/h7-9H,4-5H2,1-3,6H3/b8-7-. The SMILES string of the molecule is C=C(/C=C\C)C(=C)N(C)C(C)C. The highest BCUT2D eigenvalue weighted by Gasteiger charge is 2.06. The Morgan fingerprint density at radius 3 is 2.17 bits per heavy atom. The van der Waals surface area contributed by atoms with E-state index in [1.54, 1.807) is 0 Å². The van der Waals surface area contributed by atoms with Gasteiger partial charge in [0.25, 0.3) is 0 Å². The molecule has 0 heterocycles. The van der Waals surface area contributed by atoms with Crippen molar-refractivity contribution in [1.29, 1.82) is 0 Å². The molecular weight excluding hydrogens is 146 g/mol. The Kier molecular flexibility index (Phi) is 4.42. The van der Waals surface area contributed by atoms with Crippen molar-refractivity contribution in [2.24, 2.45) is 0 Å². The first-order chi connectivity index (χ1) is 5.50. The van der Waals surface area contributed by atoms with Crippen LogP contribution in [0.25, 0.3) is 0 Å². The van der Waals surface area contributed by atoms with E-state index in [0.717, 1.165) is 11.3 Å². The molecule has 0 aliphatic heterocycles. The Morgan fingerprint density at radius 2 is 1.83 bits per heavy atom. The molecular formula is C11H19N. The van der Waals surface area contributed by atoms with Crippen molar-refractivity contribution in [3.05, 3.63) is 36.6 Å². The van der Waals surface area contributed by atoms with Crippen LogP contribution in [0.5, 0.6) is 0 Å². The van der Waals surface area contributed by atoms with Gasteiger partial charge in [0.1, 0.15) is 0 Å². The number of rotatable bonds is 4. The summed E-state index contributed by atoms with van der Waals surface area (Å²) < 4.78 is 0. The summed E-state index contributed by atoms with van der Waals surface area (Å²) in [6.07, 6.45) is 3.95. The van der Waals surface area contributed by atoms with Crippen LogP contribution < -0.4 is 0 Å². The molecule has 0 aromatic rings. The summed E-state index contributed by atoms with van der Waals surface area (Å²) in [6, 6.07) is 0.472. The fourth-order valence-corrected chi connectivity index (χ4v) is 0.836. The molecule has 68 valence electrons.